The quantitative estimate of drug-likeness (QED) is 0.730. The Labute approximate surface area is 82.7 Å². The molecule has 2 rings (SSSR count). The number of hydrogen-bond acceptors (Lipinski definition) is 3. The van der Waals surface area contributed by atoms with E-state index >= 15 is 0 Å². The molecule has 0 spiro atoms. The first-order valence-corrected chi connectivity index (χ1v) is 4.91. The lowest BCUT2D eigenvalue weighted by molar-refractivity contribution is 0.0901. The van der Waals surface area contributed by atoms with Gasteiger partial charge in [-0.2, -0.15) is 0 Å². The second kappa shape index (κ2) is 4.28. The number of hydrogen-bond donors (Lipinski definition) is 2. The van der Waals surface area contributed by atoms with Crippen molar-refractivity contribution in [2.45, 2.75) is 18.9 Å². The second-order valence-corrected chi connectivity index (χ2v) is 3.48. The van der Waals surface area contributed by atoms with Crippen LogP contribution in [0, 0.1) is 0 Å². The highest BCUT2D eigenvalue weighted by molar-refractivity contribution is 5.91. The van der Waals surface area contributed by atoms with E-state index in [1.807, 2.05) is 0 Å². The monoisotopic (exact) mass is 194 g/mol. The molecule has 4 nitrogen and oxygen atoms in total. The molecule has 1 amide bonds. The minimum Gasteiger partial charge on any atom is -0.459 e. The van der Waals surface area contributed by atoms with Gasteiger partial charge < -0.3 is 15.1 Å². The lowest BCUT2D eigenvalue weighted by atomic mass is 10.1. The molecule has 1 fully saturated rings. The van der Waals surface area contributed by atoms with Gasteiger partial charge in [0.2, 0.25) is 0 Å². The van der Waals surface area contributed by atoms with Crippen LogP contribution >= 0.6 is 0 Å². The highest BCUT2D eigenvalue weighted by Crippen LogP contribution is 2.05. The van der Waals surface area contributed by atoms with Crippen LogP contribution in [-0.2, 0) is 0 Å². The summed E-state index contributed by atoms with van der Waals surface area (Å²) in [6.07, 6.45) is 3.50. The molecule has 0 aromatic carbocycles. The van der Waals surface area contributed by atoms with Gasteiger partial charge in [0.25, 0.3) is 5.91 Å². The van der Waals surface area contributed by atoms with Crippen LogP contribution in [0.4, 0.5) is 0 Å². The number of rotatable bonds is 2. The molecule has 14 heavy (non-hydrogen) atoms. The molecule has 2 N–H and O–H groups in total. The predicted octanol–water partition coefficient (Wildman–Crippen LogP) is 0.761. The fraction of sp³-hybridized carbons (Fsp3) is 0.500. The maximum absolute atomic E-state index is 11.5. The summed E-state index contributed by atoms with van der Waals surface area (Å²) in [6.45, 7) is 1.95. The van der Waals surface area contributed by atoms with Crippen molar-refractivity contribution >= 4 is 5.91 Å². The third kappa shape index (κ3) is 2.14. The van der Waals surface area contributed by atoms with E-state index in [4.69, 9.17) is 4.42 Å². The lowest BCUT2D eigenvalue weighted by Gasteiger charge is -2.23. The molecule has 1 aliphatic rings. The van der Waals surface area contributed by atoms with Crippen molar-refractivity contribution in [1.29, 1.82) is 0 Å². The number of carbonyl (C=O) groups excluding carboxylic acids is 1. The molecular weight excluding hydrogens is 180 g/mol. The first-order chi connectivity index (χ1) is 6.86. The number of piperidine rings is 1. The summed E-state index contributed by atoms with van der Waals surface area (Å²) in [5.74, 6) is 0.283. The van der Waals surface area contributed by atoms with Gasteiger partial charge in [0.1, 0.15) is 0 Å². The van der Waals surface area contributed by atoms with Gasteiger partial charge in [0.05, 0.1) is 6.26 Å². The second-order valence-electron chi connectivity index (χ2n) is 3.48. The molecule has 1 aromatic heterocycles. The molecule has 0 bridgehead atoms. The van der Waals surface area contributed by atoms with Crippen LogP contribution in [0.15, 0.2) is 22.8 Å². The van der Waals surface area contributed by atoms with Crippen molar-refractivity contribution in [3.05, 3.63) is 24.2 Å². The van der Waals surface area contributed by atoms with Crippen molar-refractivity contribution < 1.29 is 9.21 Å². The minimum atomic E-state index is -0.109. The molecule has 1 saturated heterocycles. The molecule has 76 valence electrons. The van der Waals surface area contributed by atoms with E-state index < -0.39 is 0 Å². The Morgan fingerprint density at radius 1 is 1.50 bits per heavy atom. The van der Waals surface area contributed by atoms with Gasteiger partial charge >= 0.3 is 0 Å². The van der Waals surface area contributed by atoms with E-state index in [0.717, 1.165) is 25.9 Å². The Bertz CT molecular complexity index is 289. The van der Waals surface area contributed by atoms with Crippen LogP contribution in [0.3, 0.4) is 0 Å². The maximum atomic E-state index is 11.5. The fourth-order valence-electron chi connectivity index (χ4n) is 1.63. The van der Waals surface area contributed by atoms with Gasteiger partial charge in [-0.3, -0.25) is 4.79 Å². The first kappa shape index (κ1) is 9.27. The van der Waals surface area contributed by atoms with Gasteiger partial charge in [0, 0.05) is 6.04 Å². The van der Waals surface area contributed by atoms with E-state index in [1.54, 1.807) is 12.1 Å². The third-order valence-electron chi connectivity index (χ3n) is 2.42. The van der Waals surface area contributed by atoms with Crippen LogP contribution in [0.1, 0.15) is 23.4 Å². The highest BCUT2D eigenvalue weighted by atomic mass is 16.3. The molecule has 1 aliphatic heterocycles. The number of nitrogens with one attached hydrogen (secondary N) is 2. The Kier molecular flexibility index (Phi) is 2.84. The zero-order chi connectivity index (χ0) is 9.80. The Morgan fingerprint density at radius 3 is 2.93 bits per heavy atom. The largest absolute Gasteiger partial charge is 0.459 e. The number of carbonyl (C=O) groups is 1. The fourth-order valence-corrected chi connectivity index (χ4v) is 1.63. The molecule has 1 aromatic rings. The van der Waals surface area contributed by atoms with Crippen molar-refractivity contribution in [3.63, 3.8) is 0 Å². The van der Waals surface area contributed by atoms with Crippen molar-refractivity contribution in [1.82, 2.24) is 10.6 Å². The van der Waals surface area contributed by atoms with Crippen LogP contribution in [0.2, 0.25) is 0 Å². The number of amides is 1. The first-order valence-electron chi connectivity index (χ1n) is 4.91. The summed E-state index contributed by atoms with van der Waals surface area (Å²) < 4.78 is 5.01. The smallest absolute Gasteiger partial charge is 0.287 e. The summed E-state index contributed by atoms with van der Waals surface area (Å²) in [4.78, 5) is 11.5. The standard InChI is InChI=1S/C10H14N2O2/c13-10(9-2-1-7-14-9)12-8-3-5-11-6-4-8/h1-2,7-8,11H,3-6H2,(H,12,13). The number of furan rings is 1. The summed E-state index contributed by atoms with van der Waals surface area (Å²) in [5, 5.41) is 6.20. The van der Waals surface area contributed by atoms with Gasteiger partial charge in [-0.05, 0) is 38.1 Å². The average molecular weight is 194 g/mol. The molecule has 0 atom stereocenters. The predicted molar refractivity (Wildman–Crippen MR) is 52.1 cm³/mol. The van der Waals surface area contributed by atoms with Crippen LogP contribution in [-0.4, -0.2) is 25.0 Å². The maximum Gasteiger partial charge on any atom is 0.287 e. The van der Waals surface area contributed by atoms with Crippen molar-refractivity contribution in [2.24, 2.45) is 0 Å². The normalized spacial score (nSPS) is 18.0. The topological polar surface area (TPSA) is 54.3 Å². The lowest BCUT2D eigenvalue weighted by Crippen LogP contribution is -2.42. The Morgan fingerprint density at radius 2 is 2.29 bits per heavy atom. The summed E-state index contributed by atoms with van der Waals surface area (Å²) >= 11 is 0. The van der Waals surface area contributed by atoms with Crippen molar-refractivity contribution in [3.8, 4) is 0 Å². The molecule has 4 heteroatoms. The minimum absolute atomic E-state index is 0.109. The van der Waals surface area contributed by atoms with Gasteiger partial charge in [0.15, 0.2) is 5.76 Å². The summed E-state index contributed by atoms with van der Waals surface area (Å²) in [7, 11) is 0. The van der Waals surface area contributed by atoms with Gasteiger partial charge in [-0.25, -0.2) is 0 Å². The molecular formula is C10H14N2O2. The molecule has 0 aliphatic carbocycles. The summed E-state index contributed by atoms with van der Waals surface area (Å²) in [5.41, 5.74) is 0. The SMILES string of the molecule is O=C(NC1CCNCC1)c1ccco1. The Balaban J connectivity index is 1.87. The van der Waals surface area contributed by atoms with Crippen LogP contribution in [0.5, 0.6) is 0 Å². The molecule has 0 saturated carbocycles. The zero-order valence-corrected chi connectivity index (χ0v) is 7.95. The van der Waals surface area contributed by atoms with Gasteiger partial charge in [-0.1, -0.05) is 0 Å². The van der Waals surface area contributed by atoms with Gasteiger partial charge in [-0.15, -0.1) is 0 Å². The van der Waals surface area contributed by atoms with E-state index in [2.05, 4.69) is 10.6 Å². The molecule has 2 heterocycles. The zero-order valence-electron chi connectivity index (χ0n) is 7.95. The highest BCUT2D eigenvalue weighted by Gasteiger charge is 2.17. The van der Waals surface area contributed by atoms with E-state index in [0.29, 0.717) is 5.76 Å². The van der Waals surface area contributed by atoms with Crippen LogP contribution < -0.4 is 10.6 Å². The van der Waals surface area contributed by atoms with E-state index in [9.17, 15) is 4.79 Å². The molecule has 0 unspecified atom stereocenters. The summed E-state index contributed by atoms with van der Waals surface area (Å²) in [6, 6.07) is 3.68. The van der Waals surface area contributed by atoms with E-state index in [1.165, 1.54) is 6.26 Å². The Hall–Kier alpha value is -1.29. The van der Waals surface area contributed by atoms with E-state index in [-0.39, 0.29) is 11.9 Å². The third-order valence-corrected chi connectivity index (χ3v) is 2.42. The average Bonchev–Trinajstić information content (AvgIpc) is 2.72. The molecule has 0 radical (unpaired) electrons. The van der Waals surface area contributed by atoms with Crippen LogP contribution in [0.25, 0.3) is 0 Å². The van der Waals surface area contributed by atoms with Crippen molar-refractivity contribution in [2.75, 3.05) is 13.1 Å².